The molecular formula is C19H16FIN2O2. The van der Waals surface area contributed by atoms with Crippen LogP contribution in [0.4, 0.5) is 10.1 Å². The Morgan fingerprint density at radius 3 is 2.84 bits per heavy atom. The maximum Gasteiger partial charge on any atom is 0.224 e. The maximum absolute atomic E-state index is 13.8. The van der Waals surface area contributed by atoms with Gasteiger partial charge < -0.3 is 9.73 Å². The number of anilines is 1. The molecule has 6 heteroatoms. The third kappa shape index (κ3) is 4.45. The third-order valence-corrected chi connectivity index (χ3v) is 4.39. The molecule has 0 atom stereocenters. The van der Waals surface area contributed by atoms with E-state index in [1.54, 1.807) is 18.2 Å². The molecular weight excluding hydrogens is 434 g/mol. The van der Waals surface area contributed by atoms with E-state index >= 15 is 0 Å². The Labute approximate surface area is 158 Å². The highest BCUT2D eigenvalue weighted by atomic mass is 127. The highest BCUT2D eigenvalue weighted by Crippen LogP contribution is 2.24. The molecule has 0 unspecified atom stereocenters. The van der Waals surface area contributed by atoms with E-state index in [4.69, 9.17) is 4.42 Å². The molecule has 0 saturated carbocycles. The summed E-state index contributed by atoms with van der Waals surface area (Å²) >= 11 is 2.23. The molecule has 25 heavy (non-hydrogen) atoms. The van der Waals surface area contributed by atoms with Gasteiger partial charge in [0.2, 0.25) is 5.91 Å². The normalized spacial score (nSPS) is 10.7. The topological polar surface area (TPSA) is 55.1 Å². The molecule has 1 aromatic heterocycles. The predicted octanol–water partition coefficient (Wildman–Crippen LogP) is 4.97. The summed E-state index contributed by atoms with van der Waals surface area (Å²) < 4.78 is 20.4. The number of nitrogens with one attached hydrogen (secondary N) is 1. The molecule has 0 bridgehead atoms. The molecule has 0 saturated heterocycles. The van der Waals surface area contributed by atoms with Gasteiger partial charge in [-0.05, 0) is 65.4 Å². The zero-order valence-corrected chi connectivity index (χ0v) is 15.7. The zero-order valence-electron chi connectivity index (χ0n) is 13.6. The number of amides is 1. The van der Waals surface area contributed by atoms with Crippen molar-refractivity contribution < 1.29 is 13.6 Å². The van der Waals surface area contributed by atoms with Crippen molar-refractivity contribution >= 4 is 34.2 Å². The van der Waals surface area contributed by atoms with Crippen LogP contribution < -0.4 is 5.32 Å². The van der Waals surface area contributed by atoms with Crippen LogP contribution in [-0.4, -0.2) is 10.9 Å². The van der Waals surface area contributed by atoms with Crippen LogP contribution in [0.15, 0.2) is 53.1 Å². The van der Waals surface area contributed by atoms with Gasteiger partial charge in [-0.1, -0.05) is 12.1 Å². The summed E-state index contributed by atoms with van der Waals surface area (Å²) in [6.45, 7) is 1.95. The number of benzene rings is 2. The summed E-state index contributed by atoms with van der Waals surface area (Å²) in [5.74, 6) is 0.293. The molecule has 0 aliphatic heterocycles. The Morgan fingerprint density at radius 1 is 1.28 bits per heavy atom. The van der Waals surface area contributed by atoms with Crippen molar-refractivity contribution in [3.63, 3.8) is 0 Å². The summed E-state index contributed by atoms with van der Waals surface area (Å²) in [6, 6.07) is 12.2. The summed E-state index contributed by atoms with van der Waals surface area (Å²) in [7, 11) is 0. The molecule has 1 heterocycles. The van der Waals surface area contributed by atoms with E-state index in [9.17, 15) is 9.18 Å². The summed E-state index contributed by atoms with van der Waals surface area (Å²) in [5.41, 5.74) is 2.17. The quantitative estimate of drug-likeness (QED) is 0.559. The second-order valence-corrected chi connectivity index (χ2v) is 6.85. The summed E-state index contributed by atoms with van der Waals surface area (Å²) in [4.78, 5) is 16.2. The molecule has 3 rings (SSSR count). The first-order valence-electron chi connectivity index (χ1n) is 7.78. The van der Waals surface area contributed by atoms with Crippen LogP contribution in [0.3, 0.4) is 0 Å². The van der Waals surface area contributed by atoms with Gasteiger partial charge >= 0.3 is 0 Å². The monoisotopic (exact) mass is 450 g/mol. The van der Waals surface area contributed by atoms with E-state index in [0.29, 0.717) is 23.6 Å². The van der Waals surface area contributed by atoms with E-state index < -0.39 is 0 Å². The summed E-state index contributed by atoms with van der Waals surface area (Å²) in [6.07, 6.45) is 2.07. The number of halogens is 2. The van der Waals surface area contributed by atoms with Crippen molar-refractivity contribution in [2.75, 3.05) is 5.32 Å². The standard InChI is InChI=1S/C19H16FIN2O2/c1-12-10-13(21)6-7-16(12)23-18(24)8-9-19-22-11-17(25-19)14-4-2-3-5-15(14)20/h2-7,10-11H,8-9H2,1H3,(H,23,24). The number of hydrogen-bond acceptors (Lipinski definition) is 3. The number of carbonyl (C=O) groups excluding carboxylic acids is 1. The largest absolute Gasteiger partial charge is 0.441 e. The van der Waals surface area contributed by atoms with Crippen LogP contribution in [0, 0.1) is 16.3 Å². The minimum Gasteiger partial charge on any atom is -0.441 e. The van der Waals surface area contributed by atoms with E-state index in [-0.39, 0.29) is 18.1 Å². The van der Waals surface area contributed by atoms with Crippen molar-refractivity contribution in [1.82, 2.24) is 4.98 Å². The van der Waals surface area contributed by atoms with Gasteiger partial charge in [-0.3, -0.25) is 4.79 Å². The highest BCUT2D eigenvalue weighted by molar-refractivity contribution is 14.1. The fraction of sp³-hybridized carbons (Fsp3) is 0.158. The Morgan fingerprint density at radius 2 is 2.08 bits per heavy atom. The molecule has 3 aromatic rings. The fourth-order valence-electron chi connectivity index (χ4n) is 2.41. The third-order valence-electron chi connectivity index (χ3n) is 3.72. The zero-order chi connectivity index (χ0) is 17.8. The number of aromatic nitrogens is 1. The van der Waals surface area contributed by atoms with Gasteiger partial charge in [0.25, 0.3) is 0 Å². The van der Waals surface area contributed by atoms with Gasteiger partial charge in [0.05, 0.1) is 11.8 Å². The Hall–Kier alpha value is -2.22. The van der Waals surface area contributed by atoms with Gasteiger partial charge in [0, 0.05) is 22.1 Å². The minimum absolute atomic E-state index is 0.116. The highest BCUT2D eigenvalue weighted by Gasteiger charge is 2.12. The SMILES string of the molecule is Cc1cc(I)ccc1NC(=O)CCc1ncc(-c2ccccc2F)o1. The number of carbonyl (C=O) groups is 1. The minimum atomic E-state index is -0.364. The van der Waals surface area contributed by atoms with Gasteiger partial charge in [0.1, 0.15) is 5.82 Å². The first-order chi connectivity index (χ1) is 12.0. The second kappa shape index (κ2) is 7.77. The molecule has 2 aromatic carbocycles. The van der Waals surface area contributed by atoms with Crippen molar-refractivity contribution in [2.45, 2.75) is 19.8 Å². The number of nitrogens with zero attached hydrogens (tertiary/aromatic N) is 1. The molecule has 1 N–H and O–H groups in total. The number of rotatable bonds is 5. The molecule has 0 aliphatic carbocycles. The van der Waals surface area contributed by atoms with Crippen LogP contribution in [-0.2, 0) is 11.2 Å². The van der Waals surface area contributed by atoms with Crippen LogP contribution in [0.5, 0.6) is 0 Å². The smallest absolute Gasteiger partial charge is 0.224 e. The lowest BCUT2D eigenvalue weighted by Gasteiger charge is -2.08. The van der Waals surface area contributed by atoms with E-state index in [0.717, 1.165) is 14.8 Å². The van der Waals surface area contributed by atoms with Crippen LogP contribution in [0.1, 0.15) is 17.9 Å². The number of hydrogen-bond donors (Lipinski definition) is 1. The lowest BCUT2D eigenvalue weighted by Crippen LogP contribution is -2.13. The molecule has 128 valence electrons. The lowest BCUT2D eigenvalue weighted by atomic mass is 10.2. The molecule has 0 aliphatic rings. The Bertz CT molecular complexity index is 908. The van der Waals surface area contributed by atoms with Gasteiger partial charge in [-0.15, -0.1) is 0 Å². The molecule has 0 spiro atoms. The Kier molecular flexibility index (Phi) is 5.47. The maximum atomic E-state index is 13.8. The van der Waals surface area contributed by atoms with E-state index in [1.807, 2.05) is 25.1 Å². The Balaban J connectivity index is 1.60. The first-order valence-corrected chi connectivity index (χ1v) is 8.86. The summed E-state index contributed by atoms with van der Waals surface area (Å²) in [5, 5.41) is 2.88. The molecule has 1 amide bonds. The molecule has 0 fully saturated rings. The number of aryl methyl sites for hydroxylation is 2. The number of oxazole rings is 1. The average Bonchev–Trinajstić information content (AvgIpc) is 3.05. The van der Waals surface area contributed by atoms with Crippen LogP contribution in [0.25, 0.3) is 11.3 Å². The lowest BCUT2D eigenvalue weighted by molar-refractivity contribution is -0.116. The van der Waals surface area contributed by atoms with Crippen LogP contribution in [0.2, 0.25) is 0 Å². The van der Waals surface area contributed by atoms with Crippen LogP contribution >= 0.6 is 22.6 Å². The fourth-order valence-corrected chi connectivity index (χ4v) is 3.06. The van der Waals surface area contributed by atoms with E-state index in [1.165, 1.54) is 12.3 Å². The second-order valence-electron chi connectivity index (χ2n) is 5.61. The first kappa shape index (κ1) is 17.6. The van der Waals surface area contributed by atoms with E-state index in [2.05, 4.69) is 32.9 Å². The van der Waals surface area contributed by atoms with Gasteiger partial charge in [-0.2, -0.15) is 0 Å². The van der Waals surface area contributed by atoms with Gasteiger partial charge in [-0.25, -0.2) is 9.37 Å². The average molecular weight is 450 g/mol. The molecule has 4 nitrogen and oxygen atoms in total. The van der Waals surface area contributed by atoms with Crippen molar-refractivity contribution in [3.05, 3.63) is 69.5 Å². The van der Waals surface area contributed by atoms with Crippen molar-refractivity contribution in [2.24, 2.45) is 0 Å². The predicted molar refractivity (Wildman–Crippen MR) is 103 cm³/mol. The molecule has 0 radical (unpaired) electrons. The van der Waals surface area contributed by atoms with Crippen molar-refractivity contribution in [1.29, 1.82) is 0 Å². The van der Waals surface area contributed by atoms with Gasteiger partial charge in [0.15, 0.2) is 11.7 Å². The van der Waals surface area contributed by atoms with Crippen molar-refractivity contribution in [3.8, 4) is 11.3 Å².